The molecule has 0 aliphatic heterocycles. The van der Waals surface area contributed by atoms with Crippen LogP contribution >= 0.6 is 34.7 Å². The third-order valence-corrected chi connectivity index (χ3v) is 6.55. The highest BCUT2D eigenvalue weighted by molar-refractivity contribution is 7.99. The number of hydrogen-bond donors (Lipinski definition) is 1. The van der Waals surface area contributed by atoms with Crippen LogP contribution in [0.5, 0.6) is 0 Å². The molecule has 27 heavy (non-hydrogen) atoms. The van der Waals surface area contributed by atoms with E-state index in [2.05, 4.69) is 0 Å². The summed E-state index contributed by atoms with van der Waals surface area (Å²) in [6, 6.07) is 21.6. The van der Waals surface area contributed by atoms with Crippen LogP contribution in [-0.4, -0.2) is 14.9 Å². The third-order valence-electron chi connectivity index (χ3n) is 4.19. The Kier molecular flexibility index (Phi) is 5.36. The van der Waals surface area contributed by atoms with Crippen molar-refractivity contribution >= 4 is 34.7 Å². The van der Waals surface area contributed by atoms with Crippen molar-refractivity contribution in [2.75, 3.05) is 0 Å². The van der Waals surface area contributed by atoms with E-state index in [0.717, 1.165) is 31.6 Å². The van der Waals surface area contributed by atoms with Crippen LogP contribution in [0.2, 0.25) is 5.02 Å². The van der Waals surface area contributed by atoms with Gasteiger partial charge in [-0.25, -0.2) is 0 Å². The number of hydrogen-bond acceptors (Lipinski definition) is 4. The maximum Gasteiger partial charge on any atom is 0.118 e. The van der Waals surface area contributed by atoms with Crippen molar-refractivity contribution in [2.24, 2.45) is 7.05 Å². The van der Waals surface area contributed by atoms with E-state index in [-0.39, 0.29) is 0 Å². The summed E-state index contributed by atoms with van der Waals surface area (Å²) in [4.78, 5) is 1.94. The lowest BCUT2D eigenvalue weighted by Gasteiger charge is -2.13. The van der Waals surface area contributed by atoms with Crippen molar-refractivity contribution < 1.29 is 5.11 Å². The van der Waals surface area contributed by atoms with Gasteiger partial charge in [-0.05, 0) is 35.7 Å². The lowest BCUT2D eigenvalue weighted by Crippen LogP contribution is -2.01. The second kappa shape index (κ2) is 7.90. The minimum atomic E-state index is -0.733. The third kappa shape index (κ3) is 3.82. The topological polar surface area (TPSA) is 38.0 Å². The largest absolute Gasteiger partial charge is 0.383 e. The van der Waals surface area contributed by atoms with Crippen LogP contribution in [0, 0.1) is 0 Å². The SMILES string of the molecule is Cn1nc(-c2ccccc2)c(C(O)c2cccs2)c1Sc1ccc(Cl)cc1. The van der Waals surface area contributed by atoms with E-state index in [1.165, 1.54) is 0 Å². The highest BCUT2D eigenvalue weighted by Gasteiger charge is 2.26. The van der Waals surface area contributed by atoms with Crippen LogP contribution in [0.3, 0.4) is 0 Å². The van der Waals surface area contributed by atoms with Gasteiger partial charge in [0.1, 0.15) is 11.1 Å². The molecule has 0 fully saturated rings. The molecule has 136 valence electrons. The van der Waals surface area contributed by atoms with Crippen LogP contribution < -0.4 is 0 Å². The van der Waals surface area contributed by atoms with E-state index < -0.39 is 6.10 Å². The summed E-state index contributed by atoms with van der Waals surface area (Å²) in [6.45, 7) is 0. The fourth-order valence-electron chi connectivity index (χ4n) is 2.91. The lowest BCUT2D eigenvalue weighted by atomic mass is 10.0. The minimum Gasteiger partial charge on any atom is -0.383 e. The zero-order valence-corrected chi connectivity index (χ0v) is 16.9. The molecule has 4 rings (SSSR count). The fraction of sp³-hybridized carbons (Fsp3) is 0.0952. The summed E-state index contributed by atoms with van der Waals surface area (Å²) >= 11 is 9.13. The first-order chi connectivity index (χ1) is 13.1. The smallest absolute Gasteiger partial charge is 0.118 e. The number of nitrogens with zero attached hydrogens (tertiary/aromatic N) is 2. The first-order valence-corrected chi connectivity index (χ1v) is 10.5. The first-order valence-electron chi connectivity index (χ1n) is 8.40. The summed E-state index contributed by atoms with van der Waals surface area (Å²) < 4.78 is 1.84. The Morgan fingerprint density at radius 1 is 1.04 bits per heavy atom. The monoisotopic (exact) mass is 412 g/mol. The number of aliphatic hydroxyl groups excluding tert-OH is 1. The van der Waals surface area contributed by atoms with Crippen molar-refractivity contribution in [3.63, 3.8) is 0 Å². The molecular weight excluding hydrogens is 396 g/mol. The molecule has 6 heteroatoms. The van der Waals surface area contributed by atoms with Gasteiger partial charge in [-0.15, -0.1) is 11.3 Å². The normalized spacial score (nSPS) is 12.3. The molecule has 0 amide bonds. The van der Waals surface area contributed by atoms with E-state index in [1.807, 2.05) is 83.8 Å². The van der Waals surface area contributed by atoms with Gasteiger partial charge < -0.3 is 5.11 Å². The fourth-order valence-corrected chi connectivity index (χ4v) is 4.74. The van der Waals surface area contributed by atoms with E-state index in [1.54, 1.807) is 23.1 Å². The van der Waals surface area contributed by atoms with E-state index in [0.29, 0.717) is 5.02 Å². The van der Waals surface area contributed by atoms with Gasteiger partial charge in [0.15, 0.2) is 0 Å². The average Bonchev–Trinajstić information content (AvgIpc) is 3.33. The predicted octanol–water partition coefficient (Wildman–Crippen LogP) is 6.03. The lowest BCUT2D eigenvalue weighted by molar-refractivity contribution is 0.221. The van der Waals surface area contributed by atoms with Gasteiger partial charge in [0.05, 0.1) is 5.69 Å². The molecule has 0 aliphatic rings. The highest BCUT2D eigenvalue weighted by atomic mass is 35.5. The second-order valence-electron chi connectivity index (χ2n) is 6.03. The molecule has 4 aromatic rings. The van der Waals surface area contributed by atoms with Crippen LogP contribution in [-0.2, 0) is 7.05 Å². The quantitative estimate of drug-likeness (QED) is 0.434. The predicted molar refractivity (Wildman–Crippen MR) is 113 cm³/mol. The number of thiophene rings is 1. The highest BCUT2D eigenvalue weighted by Crippen LogP contribution is 2.41. The summed E-state index contributed by atoms with van der Waals surface area (Å²) in [5.74, 6) is 0. The summed E-state index contributed by atoms with van der Waals surface area (Å²) in [5.41, 5.74) is 2.61. The Bertz CT molecular complexity index is 1030. The molecule has 0 saturated carbocycles. The van der Waals surface area contributed by atoms with Crippen molar-refractivity contribution in [1.29, 1.82) is 0 Å². The molecule has 2 aromatic carbocycles. The van der Waals surface area contributed by atoms with Crippen molar-refractivity contribution in [1.82, 2.24) is 9.78 Å². The minimum absolute atomic E-state index is 0.702. The van der Waals surface area contributed by atoms with Gasteiger partial charge in [0.25, 0.3) is 0 Å². The molecule has 0 bridgehead atoms. The standard InChI is InChI=1S/C21H17ClN2OS2/c1-24-21(27-16-11-9-15(22)10-12-16)18(20(25)17-8-5-13-26-17)19(23-24)14-6-3-2-4-7-14/h2-13,20,25H,1H3. The number of benzene rings is 2. The molecule has 3 nitrogen and oxygen atoms in total. The van der Waals surface area contributed by atoms with Gasteiger partial charge in [-0.3, -0.25) is 4.68 Å². The molecule has 1 atom stereocenters. The van der Waals surface area contributed by atoms with Crippen molar-refractivity contribution in [3.05, 3.63) is 87.6 Å². The zero-order valence-electron chi connectivity index (χ0n) is 14.5. The maximum absolute atomic E-state index is 11.2. The molecule has 1 unspecified atom stereocenters. The van der Waals surface area contributed by atoms with Crippen LogP contribution in [0.4, 0.5) is 0 Å². The van der Waals surface area contributed by atoms with Crippen molar-refractivity contribution in [3.8, 4) is 11.3 Å². The van der Waals surface area contributed by atoms with Crippen LogP contribution in [0.1, 0.15) is 16.5 Å². The van der Waals surface area contributed by atoms with Gasteiger partial charge in [-0.2, -0.15) is 5.10 Å². The Morgan fingerprint density at radius 2 is 1.78 bits per heavy atom. The summed E-state index contributed by atoms with van der Waals surface area (Å²) in [6.07, 6.45) is -0.733. The van der Waals surface area contributed by atoms with E-state index in [9.17, 15) is 5.11 Å². The zero-order chi connectivity index (χ0) is 18.8. The van der Waals surface area contributed by atoms with Gasteiger partial charge in [0.2, 0.25) is 0 Å². The Labute approximate surface area is 171 Å². The van der Waals surface area contributed by atoms with E-state index in [4.69, 9.17) is 16.7 Å². The molecule has 0 aliphatic carbocycles. The maximum atomic E-state index is 11.2. The Hall–Kier alpha value is -2.05. The van der Waals surface area contributed by atoms with E-state index >= 15 is 0 Å². The van der Waals surface area contributed by atoms with Crippen LogP contribution in [0.15, 0.2) is 82.0 Å². The van der Waals surface area contributed by atoms with Crippen LogP contribution in [0.25, 0.3) is 11.3 Å². The summed E-state index contributed by atoms with van der Waals surface area (Å²) in [5, 5.41) is 19.5. The number of rotatable bonds is 5. The average molecular weight is 413 g/mol. The number of aryl methyl sites for hydroxylation is 1. The second-order valence-corrected chi connectivity index (χ2v) is 8.51. The van der Waals surface area contributed by atoms with Gasteiger partial charge in [-0.1, -0.05) is 59.8 Å². The number of aromatic nitrogens is 2. The van der Waals surface area contributed by atoms with Gasteiger partial charge >= 0.3 is 0 Å². The Balaban J connectivity index is 1.84. The summed E-state index contributed by atoms with van der Waals surface area (Å²) in [7, 11) is 1.91. The molecular formula is C21H17ClN2OS2. The molecule has 2 aromatic heterocycles. The molecule has 1 N–H and O–H groups in total. The molecule has 0 saturated heterocycles. The molecule has 0 radical (unpaired) electrons. The Morgan fingerprint density at radius 3 is 2.44 bits per heavy atom. The van der Waals surface area contributed by atoms with Crippen molar-refractivity contribution in [2.45, 2.75) is 16.0 Å². The first kappa shape index (κ1) is 18.3. The number of aliphatic hydroxyl groups is 1. The van der Waals surface area contributed by atoms with Gasteiger partial charge in [0, 0.05) is 33.0 Å². The number of halogens is 1. The molecule has 0 spiro atoms. The molecule has 2 heterocycles.